The number of nitrogens with one attached hydrogen (secondary N) is 1. The van der Waals surface area contributed by atoms with Gasteiger partial charge < -0.3 is 36.4 Å². The Morgan fingerprint density at radius 1 is 0.755 bits per heavy atom. The molecule has 0 rings (SSSR count). The van der Waals surface area contributed by atoms with Crippen LogP contribution in [-0.4, -0.2) is 99.0 Å². The molecule has 0 saturated heterocycles. The molecule has 0 aromatic heterocycles. The molecule has 1 amide bonds. The molecule has 0 bridgehead atoms. The van der Waals surface area contributed by atoms with Crippen LogP contribution in [0.25, 0.3) is 0 Å². The van der Waals surface area contributed by atoms with Crippen molar-refractivity contribution in [2.24, 2.45) is 16.8 Å². The summed E-state index contributed by atoms with van der Waals surface area (Å²) in [4.78, 5) is 53.6. The number of hydrogen-bond acceptors (Lipinski definition) is 10. The van der Waals surface area contributed by atoms with E-state index in [1.54, 1.807) is 0 Å². The van der Waals surface area contributed by atoms with E-state index in [0.29, 0.717) is 19.4 Å². The third-order valence-corrected chi connectivity index (χ3v) is 7.88. The van der Waals surface area contributed by atoms with E-state index < -0.39 is 11.1 Å². The Kier molecular flexibility index (Phi) is 33.5. The van der Waals surface area contributed by atoms with Crippen LogP contribution in [0.2, 0.25) is 0 Å². The topological polar surface area (TPSA) is 139 Å². The van der Waals surface area contributed by atoms with Crippen molar-refractivity contribution in [3.63, 3.8) is 0 Å². The molecule has 0 aliphatic heterocycles. The van der Waals surface area contributed by atoms with Crippen LogP contribution >= 0.6 is 0 Å². The quantitative estimate of drug-likeness (QED) is 0.0420. The zero-order valence-electron chi connectivity index (χ0n) is 36.0. The van der Waals surface area contributed by atoms with Gasteiger partial charge in [-0.05, 0) is 60.1 Å². The summed E-state index contributed by atoms with van der Waals surface area (Å²) in [7, 11) is 0. The third kappa shape index (κ3) is 31.0. The predicted octanol–water partition coefficient (Wildman–Crippen LogP) is 7.76. The first-order chi connectivity index (χ1) is 23.8. The first-order valence-electron chi connectivity index (χ1n) is 19.1. The molecule has 11 nitrogen and oxygen atoms in total. The van der Waals surface area contributed by atoms with Crippen molar-refractivity contribution in [1.29, 1.82) is 0 Å². The van der Waals surface area contributed by atoms with Gasteiger partial charge in [-0.2, -0.15) is 13.0 Å². The van der Waals surface area contributed by atoms with E-state index in [1.165, 1.54) is 6.92 Å². The van der Waals surface area contributed by atoms with Crippen LogP contribution in [0.3, 0.4) is 0 Å². The Morgan fingerprint density at radius 3 is 1.64 bits per heavy atom. The maximum Gasteiger partial charge on any atom is 0.218 e. The molecule has 0 saturated carbocycles. The number of Topliss-reactive ketones (excluding diaryl/α,β-unsaturated/α-hetero) is 3. The molecule has 0 atom stereocenters. The predicted molar refractivity (Wildman–Crippen MR) is 212 cm³/mol. The van der Waals surface area contributed by atoms with Gasteiger partial charge in [0.05, 0.1) is 50.8 Å². The minimum atomic E-state index is -1.10. The van der Waals surface area contributed by atoms with Gasteiger partial charge in [-0.25, -0.2) is 0 Å². The fraction of sp³-hybridized carbons (Fsp3) is 0.829. The Morgan fingerprint density at radius 2 is 1.21 bits per heavy atom. The average molecular weight is 990 g/mol. The Bertz CT molecular complexity index is 972. The summed E-state index contributed by atoms with van der Waals surface area (Å²) in [6, 6.07) is 0. The van der Waals surface area contributed by atoms with Gasteiger partial charge in [0.1, 0.15) is 22.9 Å². The minimum absolute atomic E-state index is 0. The maximum absolute atomic E-state index is 13.3. The van der Waals surface area contributed by atoms with Gasteiger partial charge in [0.15, 0.2) is 0 Å². The van der Waals surface area contributed by atoms with Crippen LogP contribution in [0.1, 0.15) is 141 Å². The van der Waals surface area contributed by atoms with Crippen molar-refractivity contribution in [3.05, 3.63) is 13.5 Å². The van der Waals surface area contributed by atoms with Crippen molar-refractivity contribution in [3.8, 4) is 0 Å². The summed E-state index contributed by atoms with van der Waals surface area (Å²) in [5.41, 5.74) is -1.83. The largest absolute Gasteiger partial charge is 0.549 e. The van der Waals surface area contributed by atoms with E-state index in [4.69, 9.17) is 23.7 Å². The van der Waals surface area contributed by atoms with Crippen molar-refractivity contribution in [2.75, 3.05) is 52.8 Å². The van der Waals surface area contributed by atoms with Crippen LogP contribution in [0.4, 0.5) is 0 Å². The van der Waals surface area contributed by atoms with Crippen molar-refractivity contribution >= 4 is 29.5 Å². The monoisotopic (exact) mass is 986 g/mol. The number of nitrogens with zero attached hydrogens (tertiary/aromatic N) is 1. The number of hydrogen-bond donors (Lipinski definition) is 1. The number of rotatable bonds is 31. The van der Waals surface area contributed by atoms with Crippen LogP contribution in [-0.2, 0) is 42.9 Å². The molecule has 0 spiro atoms. The molecule has 0 aromatic carbocycles. The number of ether oxygens (including phenoxy) is 5. The van der Waals surface area contributed by atoms with E-state index in [1.807, 2.05) is 54.7 Å². The Balaban J connectivity index is -0.00000294. The molecule has 12 heteroatoms. The van der Waals surface area contributed by atoms with E-state index >= 15 is 0 Å². The third-order valence-electron chi connectivity index (χ3n) is 7.88. The first kappa shape index (κ1) is 56.7. The van der Waals surface area contributed by atoms with E-state index in [2.05, 4.69) is 44.9 Å². The van der Waals surface area contributed by atoms with Gasteiger partial charge in [-0.15, -0.1) is 6.42 Å². The summed E-state index contributed by atoms with van der Waals surface area (Å²) >= 11 is 0. The van der Waals surface area contributed by atoms with Crippen molar-refractivity contribution < 1.29 is 42.9 Å². The number of ketones is 3. The molecule has 53 heavy (non-hydrogen) atoms. The van der Waals surface area contributed by atoms with Crippen molar-refractivity contribution in [1.82, 2.24) is 5.32 Å². The SMILES string of the molecule is CC.CCC=NCCC(C)(C)OC(C)(C)CCO[C-](C)CCC(=O)NC(COCCC(C)=O)(COCCC(=O)C(C)C)COCCC(=O)C(C)C.[CH3-].[Cm]. The standard InChI is InChI=1S/C38H69N2O9.C2H6.CH3.Cm/c1-12-20-39-21-18-36(8,9)49-37(10,11)19-25-48-32(7)13-14-35(44)40-38(26-45-22-15-31(6)41,27-46-23-16-33(42)29(2)3)28-47-24-17-34(43)30(4)5;1-2;;/h20,29-30H,12-19,21-28H2,1-11H3,(H,40,44);1-2H3;1H3;/q-1;;-1;. The molecular weight excluding hydrogens is 911 g/mol. The molecule has 316 valence electrons. The normalized spacial score (nSPS) is 12.0. The smallest absolute Gasteiger partial charge is 0.218 e. The average Bonchev–Trinajstić information content (AvgIpc) is 3.04. The van der Waals surface area contributed by atoms with Crippen LogP contribution in [0.5, 0.6) is 0 Å². The molecule has 0 fully saturated rings. The summed E-state index contributed by atoms with van der Waals surface area (Å²) in [6.07, 6.45) is 6.36. The van der Waals surface area contributed by atoms with E-state index in [0.717, 1.165) is 25.5 Å². The number of carbonyl (C=O) groups excluding carboxylic acids is 4. The fourth-order valence-corrected chi connectivity index (χ4v) is 4.77. The van der Waals surface area contributed by atoms with Gasteiger partial charge >= 0.3 is 0 Å². The molecule has 0 unspecified atom stereocenters. The molecular formula is C41H78CmN2O9-2. The van der Waals surface area contributed by atoms with Gasteiger partial charge in [0.25, 0.3) is 0 Å². The van der Waals surface area contributed by atoms with Gasteiger partial charge in [-0.1, -0.05) is 48.5 Å². The van der Waals surface area contributed by atoms with Gasteiger partial charge in [0.2, 0.25) is 5.91 Å². The second-order valence-corrected chi connectivity index (χ2v) is 14.8. The number of amides is 1. The Hall–Kier alpha value is -3.05. The molecule has 0 aromatic rings. The summed E-state index contributed by atoms with van der Waals surface area (Å²) in [6.45, 7) is 26.8. The van der Waals surface area contributed by atoms with Gasteiger partial charge in [-0.3, -0.25) is 24.2 Å². The Labute approximate surface area is 318 Å². The maximum atomic E-state index is 13.3. The van der Waals surface area contributed by atoms with Crippen LogP contribution in [0.15, 0.2) is 4.99 Å². The van der Waals surface area contributed by atoms with Crippen molar-refractivity contribution in [2.45, 2.75) is 158 Å². The summed E-state index contributed by atoms with van der Waals surface area (Å²) < 4.78 is 30.1. The van der Waals surface area contributed by atoms with Crippen LogP contribution < -0.4 is 5.32 Å². The van der Waals surface area contributed by atoms with E-state index in [-0.39, 0.29) is 113 Å². The second-order valence-electron chi connectivity index (χ2n) is 14.8. The summed E-state index contributed by atoms with van der Waals surface area (Å²) in [5, 5.41) is 3.06. The minimum Gasteiger partial charge on any atom is -0.549 e. The second kappa shape index (κ2) is 31.3. The molecule has 0 aliphatic rings. The molecule has 0 aliphatic carbocycles. The first-order valence-corrected chi connectivity index (χ1v) is 19.1. The van der Waals surface area contributed by atoms with E-state index in [9.17, 15) is 19.2 Å². The molecule has 0 radical (unpaired) electrons. The number of aliphatic imine (C=N–C) groups is 1. The zero-order valence-corrected chi connectivity index (χ0v) is 39.0. The van der Waals surface area contributed by atoms with Crippen LogP contribution in [0, 0.1) is 25.4 Å². The summed E-state index contributed by atoms with van der Waals surface area (Å²) in [5.74, 6) is -0.309. The van der Waals surface area contributed by atoms with Gasteiger partial charge in [0, 0.05) is 50.7 Å². The number of carbonyl (C=O) groups is 4. The zero-order chi connectivity index (χ0) is 39.5. The molecule has 0 heterocycles. The molecule has 1 N–H and O–H groups in total. The fourth-order valence-electron chi connectivity index (χ4n) is 4.77.